The number of ether oxygens (including phenoxy) is 1. The van der Waals surface area contributed by atoms with Gasteiger partial charge in [0, 0.05) is 39.8 Å². The minimum Gasteiger partial charge on any atom is -0.484 e. The maximum absolute atomic E-state index is 10.9. The zero-order chi connectivity index (χ0) is 10.4. The quantitative estimate of drug-likeness (QED) is 0.861. The Morgan fingerprint density at radius 3 is 2.69 bits per heavy atom. The van der Waals surface area contributed by atoms with E-state index in [1.165, 1.54) is 5.56 Å². The van der Waals surface area contributed by atoms with Crippen molar-refractivity contribution in [2.24, 2.45) is 0 Å². The van der Waals surface area contributed by atoms with Gasteiger partial charge in [-0.25, -0.2) is 0 Å². The Morgan fingerprint density at radius 2 is 2.12 bits per heavy atom. The molecule has 1 N–H and O–H groups in total. The van der Waals surface area contributed by atoms with Gasteiger partial charge in [0.25, 0.3) is 5.91 Å². The fourth-order valence-corrected chi connectivity index (χ4v) is 1.08. The van der Waals surface area contributed by atoms with E-state index >= 15 is 0 Å². The van der Waals surface area contributed by atoms with Crippen LogP contribution in [0.25, 0.3) is 0 Å². The van der Waals surface area contributed by atoms with Gasteiger partial charge < -0.3 is 17.5 Å². The molecule has 0 aromatic heterocycles. The predicted octanol–water partition coefficient (Wildman–Crippen LogP) is 1.82. The van der Waals surface area contributed by atoms with Gasteiger partial charge in [0.05, 0.1) is 0 Å². The van der Waals surface area contributed by atoms with Gasteiger partial charge >= 0.3 is 0 Å². The van der Waals surface area contributed by atoms with Gasteiger partial charge in [-0.05, 0) is 24.1 Å². The summed E-state index contributed by atoms with van der Waals surface area (Å²) in [5, 5.41) is 2.50. The van der Waals surface area contributed by atoms with Crippen LogP contribution in [0.1, 0.15) is 12.5 Å². The molecule has 1 amide bonds. The first-order chi connectivity index (χ1) is 6.76. The van der Waals surface area contributed by atoms with Crippen molar-refractivity contribution in [3.63, 3.8) is 0 Å². The molecule has 16 heavy (non-hydrogen) atoms. The third-order valence-electron chi connectivity index (χ3n) is 1.96. The minimum absolute atomic E-state index is 0. The second-order valence-electron chi connectivity index (χ2n) is 2.96. The summed E-state index contributed by atoms with van der Waals surface area (Å²) >= 11 is 0. The van der Waals surface area contributed by atoms with Crippen LogP contribution in [-0.4, -0.2) is 19.6 Å². The van der Waals surface area contributed by atoms with Crippen LogP contribution in [0.2, 0.25) is 0 Å². The van der Waals surface area contributed by atoms with E-state index in [1.54, 1.807) is 7.05 Å². The number of aryl methyl sites for hydroxylation is 1. The van der Waals surface area contributed by atoms with Crippen LogP contribution in [0.15, 0.2) is 24.3 Å². The molecule has 1 radical (unpaired) electrons. The number of hydrogen-bond donors (Lipinski definition) is 1. The molecule has 1 rings (SSSR count). The summed E-state index contributed by atoms with van der Waals surface area (Å²) in [6.07, 6.45) is 0.969. The van der Waals surface area contributed by atoms with Crippen molar-refractivity contribution in [3.05, 3.63) is 37.3 Å². The molecule has 0 atom stereocenters. The molecule has 0 aliphatic heterocycles. The molecule has 0 aliphatic carbocycles. The van der Waals surface area contributed by atoms with Gasteiger partial charge in [-0.1, -0.05) is 19.1 Å². The summed E-state index contributed by atoms with van der Waals surface area (Å²) in [7, 11) is 1.59. The van der Waals surface area contributed by atoms with Crippen LogP contribution in [0.3, 0.4) is 0 Å². The topological polar surface area (TPSA) is 38.3 Å². The zero-order valence-corrected chi connectivity index (χ0v) is 13.0. The van der Waals surface area contributed by atoms with Crippen LogP contribution in [-0.2, 0) is 43.9 Å². The van der Waals surface area contributed by atoms with Crippen molar-refractivity contribution in [3.8, 4) is 5.75 Å². The molecule has 0 fully saturated rings. The third-order valence-corrected chi connectivity index (χ3v) is 1.96. The van der Waals surface area contributed by atoms with Crippen molar-refractivity contribution < 1.29 is 42.2 Å². The van der Waals surface area contributed by atoms with Gasteiger partial charge in [0.15, 0.2) is 6.61 Å². The summed E-state index contributed by atoms with van der Waals surface area (Å²) < 4.78 is 5.29. The second-order valence-corrected chi connectivity index (χ2v) is 2.96. The Hall–Kier alpha value is -0.406. The molecular weight excluding hydrogens is 279 g/mol. The zero-order valence-electron chi connectivity index (χ0n) is 10.1. The molecule has 0 aliphatic rings. The van der Waals surface area contributed by atoms with Crippen LogP contribution in [0, 0.1) is 7.43 Å². The van der Waals surface area contributed by atoms with Crippen LogP contribution in [0.4, 0.5) is 0 Å². The monoisotopic (exact) mass is 297 g/mol. The van der Waals surface area contributed by atoms with Gasteiger partial charge in [0.1, 0.15) is 5.75 Å². The minimum atomic E-state index is -0.119. The van der Waals surface area contributed by atoms with E-state index in [2.05, 4.69) is 12.2 Å². The van der Waals surface area contributed by atoms with E-state index in [0.29, 0.717) is 0 Å². The third kappa shape index (κ3) is 6.24. The number of carbonyl (C=O) groups is 1. The van der Waals surface area contributed by atoms with E-state index < -0.39 is 0 Å². The normalized spacial score (nSPS) is 8.38. The Balaban J connectivity index is 0. The number of benzene rings is 1. The first-order valence-corrected chi connectivity index (χ1v) is 4.68. The van der Waals surface area contributed by atoms with Gasteiger partial charge in [-0.3, -0.25) is 4.79 Å². The molecule has 87 valence electrons. The molecule has 0 unspecified atom stereocenters. The Kier molecular flexibility index (Phi) is 11.0. The van der Waals surface area contributed by atoms with Crippen LogP contribution < -0.4 is 10.1 Å². The molecule has 0 spiro atoms. The van der Waals surface area contributed by atoms with Crippen molar-refractivity contribution >= 4 is 5.91 Å². The number of rotatable bonds is 4. The van der Waals surface area contributed by atoms with Gasteiger partial charge in [-0.15, -0.1) is 0 Å². The van der Waals surface area contributed by atoms with Crippen molar-refractivity contribution in [2.45, 2.75) is 13.3 Å². The number of amides is 1. The predicted molar refractivity (Wildman–Crippen MR) is 61.8 cm³/mol. The largest absolute Gasteiger partial charge is 0.484 e. The van der Waals surface area contributed by atoms with Crippen LogP contribution in [0.5, 0.6) is 5.75 Å². The number of nitrogens with one attached hydrogen (secondary N) is 1. The fourth-order valence-electron chi connectivity index (χ4n) is 1.08. The SMILES string of the molecule is CCc1cccc(OCC(=O)NC)c1.[CH3-].[Y]. The molecule has 0 bridgehead atoms. The van der Waals surface area contributed by atoms with E-state index in [4.69, 9.17) is 4.74 Å². The fraction of sp³-hybridized carbons (Fsp3) is 0.333. The summed E-state index contributed by atoms with van der Waals surface area (Å²) in [6.45, 7) is 2.15. The first kappa shape index (κ1) is 18.0. The van der Waals surface area contributed by atoms with Crippen LogP contribution >= 0.6 is 0 Å². The average Bonchev–Trinajstić information content (AvgIpc) is 2.26. The number of hydrogen-bond acceptors (Lipinski definition) is 2. The molecule has 1 aromatic rings. The van der Waals surface area contributed by atoms with E-state index in [0.717, 1.165) is 12.2 Å². The molecule has 0 saturated heterocycles. The van der Waals surface area contributed by atoms with Gasteiger partial charge in [0.2, 0.25) is 0 Å². The second kappa shape index (κ2) is 9.79. The van der Waals surface area contributed by atoms with Crippen molar-refractivity contribution in [1.29, 1.82) is 0 Å². The first-order valence-electron chi connectivity index (χ1n) is 4.68. The van der Waals surface area contributed by atoms with Crippen molar-refractivity contribution in [1.82, 2.24) is 5.32 Å². The maximum Gasteiger partial charge on any atom is 0.257 e. The molecule has 0 heterocycles. The standard InChI is InChI=1S/C11H15NO2.CH3.Y/c1-3-9-5-4-6-10(7-9)14-8-11(13)12-2;;/h4-7H,3,8H2,1-2H3,(H,12,13);1H3;/q;-1;. The summed E-state index contributed by atoms with van der Waals surface area (Å²) in [5.41, 5.74) is 1.21. The van der Waals surface area contributed by atoms with Gasteiger partial charge in [-0.2, -0.15) is 0 Å². The van der Waals surface area contributed by atoms with E-state index in [1.807, 2.05) is 24.3 Å². The summed E-state index contributed by atoms with van der Waals surface area (Å²) in [6, 6.07) is 7.76. The number of carbonyl (C=O) groups excluding carboxylic acids is 1. The Labute approximate surface area is 123 Å². The van der Waals surface area contributed by atoms with Crippen molar-refractivity contribution in [2.75, 3.05) is 13.7 Å². The number of likely N-dealkylation sites (N-methyl/N-ethyl adjacent to an activating group) is 1. The molecule has 4 heteroatoms. The Bertz CT molecular complexity index is 316. The Morgan fingerprint density at radius 1 is 1.44 bits per heavy atom. The molecule has 0 saturated carbocycles. The molecular formula is C12H18NO2Y-. The smallest absolute Gasteiger partial charge is 0.257 e. The summed E-state index contributed by atoms with van der Waals surface area (Å²) in [5.74, 6) is 0.625. The maximum atomic E-state index is 10.9. The molecule has 1 aromatic carbocycles. The average molecular weight is 297 g/mol. The van der Waals surface area contributed by atoms with E-state index in [-0.39, 0.29) is 52.6 Å². The van der Waals surface area contributed by atoms with E-state index in [9.17, 15) is 4.79 Å². The summed E-state index contributed by atoms with van der Waals surface area (Å²) in [4.78, 5) is 10.9. The molecule has 3 nitrogen and oxygen atoms in total.